The van der Waals surface area contributed by atoms with Crippen LogP contribution in [0.5, 0.6) is 5.75 Å². The van der Waals surface area contributed by atoms with Crippen molar-refractivity contribution in [3.05, 3.63) is 89.7 Å². The van der Waals surface area contributed by atoms with Crippen molar-refractivity contribution in [1.29, 1.82) is 0 Å². The van der Waals surface area contributed by atoms with Gasteiger partial charge in [-0.05, 0) is 60.0 Å². The summed E-state index contributed by atoms with van der Waals surface area (Å²) >= 11 is 0. The number of rotatable bonds is 10. The Morgan fingerprint density at radius 3 is 2.32 bits per heavy atom. The molecule has 0 saturated heterocycles. The highest BCUT2D eigenvalue weighted by Crippen LogP contribution is 2.21. The van der Waals surface area contributed by atoms with E-state index < -0.39 is 15.9 Å². The molecule has 3 rings (SSSR count). The van der Waals surface area contributed by atoms with Crippen LogP contribution < -0.4 is 9.50 Å². The molecule has 0 heterocycles. The van der Waals surface area contributed by atoms with E-state index in [-0.39, 0.29) is 23.2 Å². The Morgan fingerprint density at radius 1 is 1.00 bits per heavy atom. The Balaban J connectivity index is 1.69. The molecule has 0 fully saturated rings. The molecule has 34 heavy (non-hydrogen) atoms. The van der Waals surface area contributed by atoms with Gasteiger partial charge in [-0.15, -0.1) is 0 Å². The van der Waals surface area contributed by atoms with Gasteiger partial charge in [0.1, 0.15) is 16.5 Å². The van der Waals surface area contributed by atoms with Crippen LogP contribution in [-0.2, 0) is 27.8 Å². The van der Waals surface area contributed by atoms with E-state index in [0.29, 0.717) is 13.2 Å². The number of aryl methyl sites for hydroxylation is 1. The molecule has 0 unspecified atom stereocenters. The number of amides is 2. The zero-order valence-electron chi connectivity index (χ0n) is 19.0. The lowest BCUT2D eigenvalue weighted by molar-refractivity contribution is 0.153. The molecule has 0 aliphatic heterocycles. The van der Waals surface area contributed by atoms with Gasteiger partial charge in [-0.25, -0.2) is 9.18 Å². The van der Waals surface area contributed by atoms with Crippen molar-refractivity contribution in [3.8, 4) is 5.75 Å². The molecule has 0 bridgehead atoms. The summed E-state index contributed by atoms with van der Waals surface area (Å²) in [5, 5.41) is 2.96. The zero-order valence-corrected chi connectivity index (χ0v) is 19.8. The van der Waals surface area contributed by atoms with E-state index in [1.807, 2.05) is 31.2 Å². The lowest BCUT2D eigenvalue weighted by Gasteiger charge is -2.24. The third-order valence-electron chi connectivity index (χ3n) is 5.10. The van der Waals surface area contributed by atoms with Crippen molar-refractivity contribution >= 4 is 21.8 Å². The van der Waals surface area contributed by atoms with Crippen LogP contribution in [0.2, 0.25) is 0 Å². The normalized spacial score (nSPS) is 11.1. The lowest BCUT2D eigenvalue weighted by Crippen LogP contribution is -2.37. The Kier molecular flexibility index (Phi) is 8.61. The third-order valence-corrected chi connectivity index (χ3v) is 6.36. The SMILES string of the molecule is CCc1ccccc1NC(=O)N(CCOC)Cc1ccc(OS(=O)(=O)c2ccc(F)cc2)cc1. The maximum Gasteiger partial charge on any atom is 0.339 e. The van der Waals surface area contributed by atoms with Crippen LogP contribution in [0.15, 0.2) is 77.7 Å². The molecule has 0 spiro atoms. The number of methoxy groups -OCH3 is 1. The van der Waals surface area contributed by atoms with Crippen molar-refractivity contribution in [2.45, 2.75) is 24.8 Å². The summed E-state index contributed by atoms with van der Waals surface area (Å²) in [6.07, 6.45) is 0.789. The molecule has 3 aromatic rings. The molecule has 9 heteroatoms. The van der Waals surface area contributed by atoms with Gasteiger partial charge in [-0.2, -0.15) is 8.42 Å². The molecule has 0 aromatic heterocycles. The third kappa shape index (κ3) is 6.79. The van der Waals surface area contributed by atoms with E-state index in [9.17, 15) is 17.6 Å². The summed E-state index contributed by atoms with van der Waals surface area (Å²) in [5.74, 6) is -0.429. The molecule has 2 amide bonds. The first kappa shape index (κ1) is 25.2. The van der Waals surface area contributed by atoms with E-state index in [2.05, 4.69) is 5.32 Å². The summed E-state index contributed by atoms with van der Waals surface area (Å²) in [7, 11) is -2.52. The second-order valence-corrected chi connectivity index (χ2v) is 9.04. The minimum atomic E-state index is -4.09. The van der Waals surface area contributed by atoms with Crippen LogP contribution in [-0.4, -0.2) is 39.6 Å². The monoisotopic (exact) mass is 486 g/mol. The predicted octanol–water partition coefficient (Wildman–Crippen LogP) is 4.84. The maximum absolute atomic E-state index is 13.1. The number of carbonyl (C=O) groups is 1. The maximum atomic E-state index is 13.1. The molecule has 0 radical (unpaired) electrons. The number of halogens is 1. The Bertz CT molecular complexity index is 1200. The summed E-state index contributed by atoms with van der Waals surface area (Å²) in [5.41, 5.74) is 2.57. The number of hydrogen-bond acceptors (Lipinski definition) is 5. The van der Waals surface area contributed by atoms with Gasteiger partial charge in [0.2, 0.25) is 0 Å². The number of nitrogens with one attached hydrogen (secondary N) is 1. The highest BCUT2D eigenvalue weighted by Gasteiger charge is 2.18. The topological polar surface area (TPSA) is 84.9 Å². The largest absolute Gasteiger partial charge is 0.383 e. The second kappa shape index (κ2) is 11.6. The minimum Gasteiger partial charge on any atom is -0.383 e. The quantitative estimate of drug-likeness (QED) is 0.415. The van der Waals surface area contributed by atoms with Gasteiger partial charge >= 0.3 is 16.1 Å². The summed E-state index contributed by atoms with van der Waals surface area (Å²) in [6.45, 7) is 3.04. The highest BCUT2D eigenvalue weighted by atomic mass is 32.2. The van der Waals surface area contributed by atoms with Gasteiger partial charge in [0.25, 0.3) is 0 Å². The van der Waals surface area contributed by atoms with Crippen molar-refractivity contribution < 1.29 is 26.5 Å². The molecule has 3 aromatic carbocycles. The molecule has 0 aliphatic rings. The average Bonchev–Trinajstić information content (AvgIpc) is 2.83. The van der Waals surface area contributed by atoms with Crippen LogP contribution in [0.4, 0.5) is 14.9 Å². The number of hydrogen-bond donors (Lipinski definition) is 1. The van der Waals surface area contributed by atoms with Crippen LogP contribution in [0.25, 0.3) is 0 Å². The first-order valence-electron chi connectivity index (χ1n) is 10.7. The van der Waals surface area contributed by atoms with Crippen LogP contribution in [0.3, 0.4) is 0 Å². The standard InChI is InChI=1S/C25H27FN2O5S/c1-3-20-6-4-5-7-24(20)27-25(29)28(16-17-32-2)18-19-8-12-22(13-9-19)33-34(30,31)23-14-10-21(26)11-15-23/h4-15H,3,16-18H2,1-2H3,(H,27,29). The van der Waals surface area contributed by atoms with Crippen LogP contribution in [0.1, 0.15) is 18.1 Å². The molecular formula is C25H27FN2O5S. The summed E-state index contributed by atoms with van der Waals surface area (Å²) < 4.78 is 48.1. The van der Waals surface area contributed by atoms with Crippen LogP contribution >= 0.6 is 0 Å². The number of anilines is 1. The first-order valence-corrected chi connectivity index (χ1v) is 12.1. The average molecular weight is 487 g/mol. The van der Waals surface area contributed by atoms with Gasteiger partial charge in [-0.1, -0.05) is 37.3 Å². The molecule has 0 aliphatic carbocycles. The summed E-state index contributed by atoms with van der Waals surface area (Å²) in [4.78, 5) is 14.4. The van der Waals surface area contributed by atoms with E-state index >= 15 is 0 Å². The van der Waals surface area contributed by atoms with Crippen LogP contribution in [0, 0.1) is 5.82 Å². The highest BCUT2D eigenvalue weighted by molar-refractivity contribution is 7.87. The number of nitrogens with zero attached hydrogens (tertiary/aromatic N) is 1. The van der Waals surface area contributed by atoms with Gasteiger partial charge in [0, 0.05) is 25.9 Å². The number of para-hydroxylation sites is 1. The fraction of sp³-hybridized carbons (Fsp3) is 0.240. The lowest BCUT2D eigenvalue weighted by atomic mass is 10.1. The molecule has 1 N–H and O–H groups in total. The van der Waals surface area contributed by atoms with E-state index in [1.165, 1.54) is 12.1 Å². The van der Waals surface area contributed by atoms with Crippen molar-refractivity contribution in [2.75, 3.05) is 25.6 Å². The second-order valence-electron chi connectivity index (χ2n) is 7.49. The fourth-order valence-corrected chi connectivity index (χ4v) is 4.18. The van der Waals surface area contributed by atoms with Crippen molar-refractivity contribution in [3.63, 3.8) is 0 Å². The van der Waals surface area contributed by atoms with Gasteiger partial charge in [-0.3, -0.25) is 0 Å². The van der Waals surface area contributed by atoms with Gasteiger partial charge < -0.3 is 19.1 Å². The number of urea groups is 1. The van der Waals surface area contributed by atoms with Gasteiger partial charge in [0.05, 0.1) is 6.61 Å². The van der Waals surface area contributed by atoms with Gasteiger partial charge in [0.15, 0.2) is 0 Å². The minimum absolute atomic E-state index is 0.109. The number of benzene rings is 3. The molecule has 180 valence electrons. The Morgan fingerprint density at radius 2 is 1.68 bits per heavy atom. The predicted molar refractivity (Wildman–Crippen MR) is 128 cm³/mol. The smallest absolute Gasteiger partial charge is 0.339 e. The van der Waals surface area contributed by atoms with E-state index in [1.54, 1.807) is 24.1 Å². The van der Waals surface area contributed by atoms with E-state index in [4.69, 9.17) is 8.92 Å². The van der Waals surface area contributed by atoms with Crippen molar-refractivity contribution in [1.82, 2.24) is 4.90 Å². The Labute approximate surface area is 199 Å². The fourth-order valence-electron chi connectivity index (χ4n) is 3.25. The molecule has 0 saturated carbocycles. The number of carbonyl (C=O) groups excluding carboxylic acids is 1. The number of ether oxygens (including phenoxy) is 1. The van der Waals surface area contributed by atoms with E-state index in [0.717, 1.165) is 47.5 Å². The molecule has 7 nitrogen and oxygen atoms in total. The summed E-state index contributed by atoms with van der Waals surface area (Å²) in [6, 6.07) is 18.1. The zero-order chi connectivity index (χ0) is 24.6. The van der Waals surface area contributed by atoms with Crippen molar-refractivity contribution in [2.24, 2.45) is 0 Å². The molecular weight excluding hydrogens is 459 g/mol. The Hall–Kier alpha value is -3.43. The first-order chi connectivity index (χ1) is 16.3. The molecule has 0 atom stereocenters.